The van der Waals surface area contributed by atoms with E-state index in [4.69, 9.17) is 4.98 Å². The predicted molar refractivity (Wildman–Crippen MR) is 102 cm³/mol. The first-order chi connectivity index (χ1) is 13.7. The minimum Gasteiger partial charge on any atom is -0.349 e. The SMILES string of the molecule is Fc1ccc([C@H]2CCCN2c2ccn3ncc(-c4ccccn4)c3n2)c(F)c1. The van der Waals surface area contributed by atoms with Gasteiger partial charge in [-0.25, -0.2) is 18.3 Å². The van der Waals surface area contributed by atoms with Gasteiger partial charge in [0, 0.05) is 30.6 Å². The Bertz CT molecular complexity index is 1140. The van der Waals surface area contributed by atoms with Gasteiger partial charge in [0.25, 0.3) is 0 Å². The van der Waals surface area contributed by atoms with Crippen LogP contribution in [0.25, 0.3) is 16.9 Å². The summed E-state index contributed by atoms with van der Waals surface area (Å²) < 4.78 is 29.4. The first-order valence-electron chi connectivity index (χ1n) is 9.18. The molecular formula is C21H17F2N5. The van der Waals surface area contributed by atoms with E-state index in [1.807, 2.05) is 30.5 Å². The minimum absolute atomic E-state index is 0.170. The molecule has 3 aromatic heterocycles. The molecule has 140 valence electrons. The molecule has 1 atom stereocenters. The minimum atomic E-state index is -0.565. The first kappa shape index (κ1) is 16.8. The lowest BCUT2D eigenvalue weighted by Gasteiger charge is -2.26. The molecule has 0 N–H and O–H groups in total. The van der Waals surface area contributed by atoms with Gasteiger partial charge in [-0.1, -0.05) is 12.1 Å². The molecule has 0 unspecified atom stereocenters. The van der Waals surface area contributed by atoms with Crippen LogP contribution in [0, 0.1) is 11.6 Å². The van der Waals surface area contributed by atoms with Gasteiger partial charge in [0.15, 0.2) is 5.65 Å². The van der Waals surface area contributed by atoms with Crippen molar-refractivity contribution < 1.29 is 8.78 Å². The van der Waals surface area contributed by atoms with Crippen LogP contribution in [0.5, 0.6) is 0 Å². The largest absolute Gasteiger partial charge is 0.349 e. The second-order valence-corrected chi connectivity index (χ2v) is 6.84. The second-order valence-electron chi connectivity index (χ2n) is 6.84. The molecule has 1 saturated heterocycles. The van der Waals surface area contributed by atoms with E-state index in [1.165, 1.54) is 12.1 Å². The van der Waals surface area contributed by atoms with Gasteiger partial charge in [-0.3, -0.25) is 4.98 Å². The van der Waals surface area contributed by atoms with Crippen LogP contribution >= 0.6 is 0 Å². The Morgan fingerprint density at radius 3 is 2.82 bits per heavy atom. The highest BCUT2D eigenvalue weighted by Gasteiger charge is 2.29. The molecule has 4 heterocycles. The van der Waals surface area contributed by atoms with Gasteiger partial charge in [-0.2, -0.15) is 5.10 Å². The molecule has 0 saturated carbocycles. The summed E-state index contributed by atoms with van der Waals surface area (Å²) in [5.41, 5.74) is 2.83. The lowest BCUT2D eigenvalue weighted by Crippen LogP contribution is -2.24. The van der Waals surface area contributed by atoms with Crippen LogP contribution in [0.2, 0.25) is 0 Å². The third-order valence-corrected chi connectivity index (χ3v) is 5.16. The van der Waals surface area contributed by atoms with Gasteiger partial charge in [0.05, 0.1) is 23.5 Å². The van der Waals surface area contributed by atoms with Crippen LogP contribution in [-0.2, 0) is 0 Å². The molecule has 0 spiro atoms. The standard InChI is InChI=1S/C21H17F2N5/c22-14-6-7-15(17(23)12-14)19-5-3-10-27(19)20-8-11-28-21(26-20)16(13-25-28)18-4-1-2-9-24-18/h1-2,4,6-9,11-13,19H,3,5,10H2/t19-/m1/s1. The fourth-order valence-corrected chi connectivity index (χ4v) is 3.86. The highest BCUT2D eigenvalue weighted by molar-refractivity contribution is 5.75. The Morgan fingerprint density at radius 1 is 1.07 bits per heavy atom. The van der Waals surface area contributed by atoms with Crippen molar-refractivity contribution in [1.29, 1.82) is 0 Å². The summed E-state index contributed by atoms with van der Waals surface area (Å²) in [7, 11) is 0. The molecule has 0 amide bonds. The molecule has 1 aliphatic heterocycles. The lowest BCUT2D eigenvalue weighted by molar-refractivity contribution is 0.553. The molecule has 7 heteroatoms. The zero-order valence-electron chi connectivity index (χ0n) is 15.0. The third kappa shape index (κ3) is 2.79. The smallest absolute Gasteiger partial charge is 0.166 e. The van der Waals surface area contributed by atoms with E-state index in [2.05, 4.69) is 15.0 Å². The number of aromatic nitrogens is 4. The van der Waals surface area contributed by atoms with Crippen LogP contribution in [0.1, 0.15) is 24.4 Å². The van der Waals surface area contributed by atoms with Crippen molar-refractivity contribution in [2.24, 2.45) is 0 Å². The monoisotopic (exact) mass is 377 g/mol. The van der Waals surface area contributed by atoms with Gasteiger partial charge in [0.1, 0.15) is 17.5 Å². The van der Waals surface area contributed by atoms with Crippen molar-refractivity contribution in [1.82, 2.24) is 19.6 Å². The van der Waals surface area contributed by atoms with Crippen molar-refractivity contribution >= 4 is 11.5 Å². The number of hydrogen-bond acceptors (Lipinski definition) is 4. The third-order valence-electron chi connectivity index (χ3n) is 5.16. The van der Waals surface area contributed by atoms with E-state index >= 15 is 0 Å². The average Bonchev–Trinajstić information content (AvgIpc) is 3.35. The van der Waals surface area contributed by atoms with Gasteiger partial charge in [-0.05, 0) is 37.1 Å². The number of nitrogens with zero attached hydrogens (tertiary/aromatic N) is 5. The molecule has 0 bridgehead atoms. The molecule has 5 rings (SSSR count). The normalized spacial score (nSPS) is 16.8. The van der Waals surface area contributed by atoms with E-state index in [1.54, 1.807) is 16.9 Å². The van der Waals surface area contributed by atoms with Crippen molar-refractivity contribution in [3.05, 3.63) is 78.3 Å². The quantitative estimate of drug-likeness (QED) is 0.531. The summed E-state index contributed by atoms with van der Waals surface area (Å²) >= 11 is 0. The number of anilines is 1. The molecule has 1 fully saturated rings. The van der Waals surface area contributed by atoms with E-state index in [-0.39, 0.29) is 6.04 Å². The summed E-state index contributed by atoms with van der Waals surface area (Å²) in [5.74, 6) is -0.336. The molecule has 4 aromatic rings. The van der Waals surface area contributed by atoms with Crippen LogP contribution in [0.4, 0.5) is 14.6 Å². The van der Waals surface area contributed by atoms with Crippen LogP contribution in [-0.4, -0.2) is 26.1 Å². The molecule has 1 aliphatic rings. The molecule has 0 aliphatic carbocycles. The Balaban J connectivity index is 1.57. The van der Waals surface area contributed by atoms with E-state index in [0.29, 0.717) is 11.2 Å². The highest BCUT2D eigenvalue weighted by atomic mass is 19.1. The van der Waals surface area contributed by atoms with Crippen LogP contribution < -0.4 is 4.90 Å². The van der Waals surface area contributed by atoms with Crippen molar-refractivity contribution in [2.75, 3.05) is 11.4 Å². The highest BCUT2D eigenvalue weighted by Crippen LogP contribution is 2.37. The zero-order valence-corrected chi connectivity index (χ0v) is 15.0. The van der Waals surface area contributed by atoms with Crippen LogP contribution in [0.3, 0.4) is 0 Å². The maximum atomic E-state index is 14.4. The fourth-order valence-electron chi connectivity index (χ4n) is 3.86. The maximum absolute atomic E-state index is 14.4. The number of pyridine rings is 1. The lowest BCUT2D eigenvalue weighted by atomic mass is 10.0. The number of hydrogen-bond donors (Lipinski definition) is 0. The van der Waals surface area contributed by atoms with Gasteiger partial charge >= 0.3 is 0 Å². The van der Waals surface area contributed by atoms with Gasteiger partial charge in [-0.15, -0.1) is 0 Å². The van der Waals surface area contributed by atoms with Crippen LogP contribution in [0.15, 0.2) is 61.1 Å². The summed E-state index contributed by atoms with van der Waals surface area (Å²) in [4.78, 5) is 11.3. The Kier molecular flexibility index (Phi) is 4.00. The summed E-state index contributed by atoms with van der Waals surface area (Å²) in [6.07, 6.45) is 7.04. The van der Waals surface area contributed by atoms with E-state index < -0.39 is 11.6 Å². The number of rotatable bonds is 3. The molecule has 5 nitrogen and oxygen atoms in total. The number of fused-ring (bicyclic) bond motifs is 1. The van der Waals surface area contributed by atoms with E-state index in [0.717, 1.165) is 42.5 Å². The number of benzene rings is 1. The summed E-state index contributed by atoms with van der Waals surface area (Å²) in [6, 6.07) is 11.2. The average molecular weight is 377 g/mol. The van der Waals surface area contributed by atoms with Crippen molar-refractivity contribution in [3.8, 4) is 11.3 Å². The van der Waals surface area contributed by atoms with Gasteiger partial charge < -0.3 is 4.90 Å². The summed E-state index contributed by atoms with van der Waals surface area (Å²) in [5, 5.41) is 4.36. The Labute approximate surface area is 160 Å². The molecule has 1 aromatic carbocycles. The predicted octanol–water partition coefficient (Wildman–Crippen LogP) is 4.41. The molecule has 0 radical (unpaired) electrons. The second kappa shape index (κ2) is 6.67. The Morgan fingerprint density at radius 2 is 2.00 bits per heavy atom. The molecular weight excluding hydrogens is 360 g/mol. The van der Waals surface area contributed by atoms with Gasteiger partial charge in [0.2, 0.25) is 0 Å². The maximum Gasteiger partial charge on any atom is 0.166 e. The summed E-state index contributed by atoms with van der Waals surface area (Å²) in [6.45, 7) is 0.762. The van der Waals surface area contributed by atoms with E-state index in [9.17, 15) is 8.78 Å². The zero-order chi connectivity index (χ0) is 19.1. The van der Waals surface area contributed by atoms with Crippen molar-refractivity contribution in [3.63, 3.8) is 0 Å². The topological polar surface area (TPSA) is 46.3 Å². The first-order valence-corrected chi connectivity index (χ1v) is 9.18. The number of halogens is 2. The molecule has 28 heavy (non-hydrogen) atoms. The Hall–Kier alpha value is -3.35. The fraction of sp³-hybridized carbons (Fsp3) is 0.190. The van der Waals surface area contributed by atoms with Crippen molar-refractivity contribution in [2.45, 2.75) is 18.9 Å².